The Morgan fingerprint density at radius 2 is 1.93 bits per heavy atom. The quantitative estimate of drug-likeness (QED) is 0.432. The summed E-state index contributed by atoms with van der Waals surface area (Å²) in [6.45, 7) is 0. The summed E-state index contributed by atoms with van der Waals surface area (Å²) >= 11 is 0. The number of hydrogen-bond donors (Lipinski definition) is 0. The maximum atomic E-state index is 12.6. The van der Waals surface area contributed by atoms with Crippen LogP contribution in [0.15, 0.2) is 27.6 Å². The molecule has 0 spiro atoms. The third-order valence-corrected chi connectivity index (χ3v) is 2.47. The molecule has 1 aromatic carbocycles. The Bertz CT molecular complexity index is 508. The first-order valence-corrected chi connectivity index (χ1v) is 4.68. The number of azide groups is 1. The molecule has 0 heterocycles. The molecule has 0 fully saturated rings. The second-order valence-corrected chi connectivity index (χ2v) is 3.81. The van der Waals surface area contributed by atoms with Gasteiger partial charge in [0.2, 0.25) is 0 Å². The third kappa shape index (κ3) is 1.98. The summed E-state index contributed by atoms with van der Waals surface area (Å²) in [5, 5.41) is 0. The number of sulfonamides is 1. The molecule has 0 radical (unpaired) electrons. The molecule has 0 aromatic heterocycles. The van der Waals surface area contributed by atoms with Gasteiger partial charge in [-0.2, -0.15) is 0 Å². The molecule has 8 heteroatoms. The molecule has 0 saturated carbocycles. The topological polar surface area (TPSA) is 82.9 Å². The van der Waals surface area contributed by atoms with Crippen LogP contribution in [0.4, 0.5) is 8.78 Å². The van der Waals surface area contributed by atoms with Gasteiger partial charge in [-0.3, -0.25) is 0 Å². The summed E-state index contributed by atoms with van der Waals surface area (Å²) in [5.41, 5.74) is 7.90. The number of halogens is 2. The van der Waals surface area contributed by atoms with Gasteiger partial charge < -0.3 is 0 Å². The predicted octanol–water partition coefficient (Wildman–Crippen LogP) is 1.96. The van der Waals surface area contributed by atoms with Crippen molar-refractivity contribution in [3.05, 3.63) is 40.3 Å². The highest BCUT2D eigenvalue weighted by Crippen LogP contribution is 2.15. The minimum atomic E-state index is -4.25. The van der Waals surface area contributed by atoms with E-state index < -0.39 is 26.6 Å². The number of benzene rings is 1. The normalized spacial score (nSPS) is 10.7. The van der Waals surface area contributed by atoms with Crippen molar-refractivity contribution in [3.8, 4) is 0 Å². The zero-order valence-corrected chi connectivity index (χ0v) is 7.37. The van der Waals surface area contributed by atoms with Crippen molar-refractivity contribution in [1.29, 1.82) is 0 Å². The summed E-state index contributed by atoms with van der Waals surface area (Å²) in [6, 6.07) is 1.89. The lowest BCUT2D eigenvalue weighted by Crippen LogP contribution is -1.97. The van der Waals surface area contributed by atoms with Gasteiger partial charge in [0.1, 0.15) is 0 Å². The van der Waals surface area contributed by atoms with Crippen molar-refractivity contribution < 1.29 is 17.2 Å². The lowest BCUT2D eigenvalue weighted by molar-refractivity contribution is 0.504. The van der Waals surface area contributed by atoms with Crippen molar-refractivity contribution in [2.45, 2.75) is 4.90 Å². The summed E-state index contributed by atoms with van der Waals surface area (Å²) in [5.74, 6) is -2.50. The Balaban J connectivity index is 3.35. The van der Waals surface area contributed by atoms with Gasteiger partial charge in [-0.05, 0) is 23.7 Å². The average molecular weight is 219 g/mol. The van der Waals surface area contributed by atoms with Gasteiger partial charge in [0.15, 0.2) is 11.6 Å². The molecule has 0 aliphatic carbocycles. The molecule has 0 bridgehead atoms. The second-order valence-electron chi connectivity index (χ2n) is 2.22. The van der Waals surface area contributed by atoms with E-state index in [1.54, 1.807) is 0 Å². The molecule has 0 saturated heterocycles. The first kappa shape index (κ1) is 10.4. The van der Waals surface area contributed by atoms with Crippen LogP contribution in [0.5, 0.6) is 0 Å². The van der Waals surface area contributed by atoms with Crippen LogP contribution in [0.25, 0.3) is 10.4 Å². The van der Waals surface area contributed by atoms with E-state index in [9.17, 15) is 17.2 Å². The highest BCUT2D eigenvalue weighted by Gasteiger charge is 2.14. The van der Waals surface area contributed by atoms with E-state index >= 15 is 0 Å². The second kappa shape index (κ2) is 3.60. The van der Waals surface area contributed by atoms with Crippen LogP contribution in [-0.2, 0) is 10.0 Å². The fraction of sp³-hybridized carbons (Fsp3) is 0. The monoisotopic (exact) mass is 219 g/mol. The molecule has 1 rings (SSSR count). The molecule has 0 atom stereocenters. The van der Waals surface area contributed by atoms with Crippen LogP contribution in [0.2, 0.25) is 0 Å². The molecule has 74 valence electrons. The van der Waals surface area contributed by atoms with E-state index in [1.807, 2.05) is 0 Å². The van der Waals surface area contributed by atoms with E-state index in [4.69, 9.17) is 5.53 Å². The van der Waals surface area contributed by atoms with Crippen molar-refractivity contribution in [2.75, 3.05) is 0 Å². The summed E-state index contributed by atoms with van der Waals surface area (Å²) in [4.78, 5) is 1.47. The Labute approximate surface area is 77.7 Å². The Kier molecular flexibility index (Phi) is 2.68. The number of nitrogens with zero attached hydrogens (tertiary/aromatic N) is 3. The van der Waals surface area contributed by atoms with Crippen LogP contribution < -0.4 is 0 Å². The van der Waals surface area contributed by atoms with Gasteiger partial charge in [0.05, 0.1) is 4.90 Å². The SMILES string of the molecule is [N-]=[N+]=NS(=O)(=O)c1ccc(F)c(F)c1. The molecule has 0 amide bonds. The molecule has 14 heavy (non-hydrogen) atoms. The Morgan fingerprint density at radius 1 is 1.29 bits per heavy atom. The van der Waals surface area contributed by atoms with E-state index in [1.165, 1.54) is 0 Å². The van der Waals surface area contributed by atoms with Crippen molar-refractivity contribution >= 4 is 10.0 Å². The summed E-state index contributed by atoms with van der Waals surface area (Å²) in [6.07, 6.45) is 0. The van der Waals surface area contributed by atoms with Gasteiger partial charge >= 0.3 is 0 Å². The van der Waals surface area contributed by atoms with Gasteiger partial charge in [0.25, 0.3) is 10.0 Å². The maximum Gasteiger partial charge on any atom is 0.264 e. The van der Waals surface area contributed by atoms with Crippen LogP contribution >= 0.6 is 0 Å². The molecule has 0 aliphatic heterocycles. The minimum absolute atomic E-state index is 0.444. The van der Waals surface area contributed by atoms with Crippen LogP contribution in [-0.4, -0.2) is 8.42 Å². The van der Waals surface area contributed by atoms with Gasteiger partial charge in [-0.15, -0.1) is 0 Å². The zero-order chi connectivity index (χ0) is 10.8. The highest BCUT2D eigenvalue weighted by molar-refractivity contribution is 7.90. The lowest BCUT2D eigenvalue weighted by Gasteiger charge is -1.97. The Morgan fingerprint density at radius 3 is 2.43 bits per heavy atom. The van der Waals surface area contributed by atoms with E-state index in [0.29, 0.717) is 12.1 Å². The fourth-order valence-electron chi connectivity index (χ4n) is 0.733. The minimum Gasteiger partial charge on any atom is -0.216 e. The van der Waals surface area contributed by atoms with E-state index in [2.05, 4.69) is 9.43 Å². The first-order valence-electron chi connectivity index (χ1n) is 3.24. The largest absolute Gasteiger partial charge is 0.264 e. The fourth-order valence-corrected chi connectivity index (χ4v) is 1.42. The van der Waals surface area contributed by atoms with Crippen molar-refractivity contribution in [3.63, 3.8) is 0 Å². The smallest absolute Gasteiger partial charge is 0.216 e. The Hall–Kier alpha value is -1.66. The first-order chi connectivity index (χ1) is 6.47. The standard InChI is InChI=1S/C6H3F2N3O2S/c7-5-2-1-4(3-6(5)8)14(12,13)11-10-9/h1-3H. The number of rotatable bonds is 2. The molecular formula is C6H3F2N3O2S. The zero-order valence-electron chi connectivity index (χ0n) is 6.55. The summed E-state index contributed by atoms with van der Waals surface area (Å²) < 4.78 is 49.4. The predicted molar refractivity (Wildman–Crippen MR) is 42.7 cm³/mol. The van der Waals surface area contributed by atoms with E-state index in [-0.39, 0.29) is 0 Å². The van der Waals surface area contributed by atoms with Crippen molar-refractivity contribution in [2.24, 2.45) is 4.52 Å². The van der Waals surface area contributed by atoms with Gasteiger partial charge in [-0.25, -0.2) is 17.2 Å². The molecular weight excluding hydrogens is 216 g/mol. The molecule has 0 unspecified atom stereocenters. The van der Waals surface area contributed by atoms with Gasteiger partial charge in [-0.1, -0.05) is 0 Å². The lowest BCUT2D eigenvalue weighted by atomic mass is 10.3. The van der Waals surface area contributed by atoms with Crippen molar-refractivity contribution in [1.82, 2.24) is 0 Å². The molecule has 0 aliphatic rings. The molecule has 0 N–H and O–H groups in total. The summed E-state index contributed by atoms with van der Waals surface area (Å²) in [7, 11) is -4.25. The molecule has 5 nitrogen and oxygen atoms in total. The maximum absolute atomic E-state index is 12.6. The van der Waals surface area contributed by atoms with Crippen LogP contribution in [0, 0.1) is 11.6 Å². The van der Waals surface area contributed by atoms with Gasteiger partial charge in [0, 0.05) is 9.43 Å². The average Bonchev–Trinajstić information content (AvgIpc) is 2.09. The third-order valence-electron chi connectivity index (χ3n) is 1.33. The number of hydrogen-bond acceptors (Lipinski definition) is 2. The highest BCUT2D eigenvalue weighted by atomic mass is 32.2. The molecule has 1 aromatic rings. The van der Waals surface area contributed by atoms with E-state index in [0.717, 1.165) is 6.07 Å². The van der Waals surface area contributed by atoms with Crippen LogP contribution in [0.3, 0.4) is 0 Å². The van der Waals surface area contributed by atoms with Crippen LogP contribution in [0.1, 0.15) is 0 Å².